The van der Waals surface area contributed by atoms with Gasteiger partial charge in [0.1, 0.15) is 0 Å². The fourth-order valence-electron chi connectivity index (χ4n) is 2.15. The van der Waals surface area contributed by atoms with E-state index in [-0.39, 0.29) is 0 Å². The third-order valence-corrected chi connectivity index (χ3v) is 3.16. The summed E-state index contributed by atoms with van der Waals surface area (Å²) in [7, 11) is 0. The summed E-state index contributed by atoms with van der Waals surface area (Å²) in [5.41, 5.74) is 10.0. The Morgan fingerprint density at radius 2 is 1.95 bits per heavy atom. The number of aryl methyl sites for hydroxylation is 1. The summed E-state index contributed by atoms with van der Waals surface area (Å²) < 4.78 is 5.02. The van der Waals surface area contributed by atoms with Crippen LogP contribution in [-0.4, -0.2) is 10.1 Å². The van der Waals surface area contributed by atoms with Crippen LogP contribution in [0.4, 0.5) is 5.69 Å². The largest absolute Gasteiger partial charge is 0.398 e. The summed E-state index contributed by atoms with van der Waals surface area (Å²) in [6.45, 7) is 1.78. The fraction of sp³-hybridized carbons (Fsp3) is 0.125. The summed E-state index contributed by atoms with van der Waals surface area (Å²) in [5, 5.41) is 3.94. The van der Waals surface area contributed by atoms with Gasteiger partial charge in [0.2, 0.25) is 11.7 Å². The number of nitrogen functional groups attached to an aromatic ring is 1. The zero-order valence-corrected chi connectivity index (χ0v) is 11.2. The number of hydrogen-bond donors (Lipinski definition) is 1. The minimum absolute atomic E-state index is 0.567. The minimum Gasteiger partial charge on any atom is -0.398 e. The van der Waals surface area contributed by atoms with Crippen LogP contribution in [-0.2, 0) is 6.42 Å². The molecular weight excluding hydrogens is 250 g/mol. The number of nitrogens with zero attached hydrogens (tertiary/aromatic N) is 2. The molecule has 2 aromatic carbocycles. The molecule has 1 heterocycles. The smallest absolute Gasteiger partial charge is 0.223 e. The van der Waals surface area contributed by atoms with Crippen LogP contribution >= 0.6 is 0 Å². The van der Waals surface area contributed by atoms with E-state index in [9.17, 15) is 0 Å². The third-order valence-electron chi connectivity index (χ3n) is 3.16. The highest BCUT2D eigenvalue weighted by Crippen LogP contribution is 2.21. The second-order valence-corrected chi connectivity index (χ2v) is 4.71. The van der Waals surface area contributed by atoms with Gasteiger partial charge in [0.05, 0.1) is 0 Å². The lowest BCUT2D eigenvalue weighted by molar-refractivity contribution is 0.394. The van der Waals surface area contributed by atoms with E-state index in [0.717, 1.165) is 23.2 Å². The van der Waals surface area contributed by atoms with Gasteiger partial charge in [-0.3, -0.25) is 0 Å². The van der Waals surface area contributed by atoms with Crippen LogP contribution in [0, 0.1) is 6.92 Å². The number of hydrogen-bond acceptors (Lipinski definition) is 4. The molecule has 0 amide bonds. The van der Waals surface area contributed by atoms with Gasteiger partial charge in [-0.25, -0.2) is 0 Å². The zero-order valence-electron chi connectivity index (χ0n) is 11.2. The standard InChI is InChI=1S/C16H15N3O/c1-11-18-16(19-20-11)14-7-4-5-12(10-14)9-13-6-2-3-8-15(13)17/h2-8,10H,9,17H2,1H3. The van der Waals surface area contributed by atoms with Gasteiger partial charge in [0.25, 0.3) is 0 Å². The topological polar surface area (TPSA) is 64.9 Å². The van der Waals surface area contributed by atoms with Gasteiger partial charge in [0.15, 0.2) is 0 Å². The Morgan fingerprint density at radius 1 is 1.10 bits per heavy atom. The van der Waals surface area contributed by atoms with Crippen molar-refractivity contribution in [2.24, 2.45) is 0 Å². The van der Waals surface area contributed by atoms with Crippen LogP contribution < -0.4 is 5.73 Å². The van der Waals surface area contributed by atoms with Gasteiger partial charge in [-0.2, -0.15) is 4.98 Å². The molecule has 0 unspecified atom stereocenters. The van der Waals surface area contributed by atoms with Crippen molar-refractivity contribution in [3.05, 3.63) is 65.5 Å². The first-order valence-corrected chi connectivity index (χ1v) is 6.45. The lowest BCUT2D eigenvalue weighted by Crippen LogP contribution is -1.95. The molecule has 0 bridgehead atoms. The molecule has 4 nitrogen and oxygen atoms in total. The van der Waals surface area contributed by atoms with E-state index < -0.39 is 0 Å². The highest BCUT2D eigenvalue weighted by Gasteiger charge is 2.07. The maximum Gasteiger partial charge on any atom is 0.223 e. The average molecular weight is 265 g/mol. The maximum atomic E-state index is 5.98. The molecule has 0 atom stereocenters. The Balaban J connectivity index is 1.90. The van der Waals surface area contributed by atoms with E-state index in [4.69, 9.17) is 10.3 Å². The summed E-state index contributed by atoms with van der Waals surface area (Å²) >= 11 is 0. The number of aromatic nitrogens is 2. The van der Waals surface area contributed by atoms with Crippen LogP contribution in [0.15, 0.2) is 53.1 Å². The Bertz CT molecular complexity index is 734. The van der Waals surface area contributed by atoms with E-state index in [1.165, 1.54) is 5.56 Å². The van der Waals surface area contributed by atoms with E-state index in [1.807, 2.05) is 36.4 Å². The molecule has 100 valence electrons. The molecule has 2 N–H and O–H groups in total. The normalized spacial score (nSPS) is 10.7. The Morgan fingerprint density at radius 3 is 2.70 bits per heavy atom. The first kappa shape index (κ1) is 12.4. The van der Waals surface area contributed by atoms with Crippen molar-refractivity contribution in [3.63, 3.8) is 0 Å². The van der Waals surface area contributed by atoms with Crippen molar-refractivity contribution in [3.8, 4) is 11.4 Å². The molecular formula is C16H15N3O. The first-order valence-electron chi connectivity index (χ1n) is 6.45. The molecule has 4 heteroatoms. The predicted octanol–water partition coefficient (Wildman–Crippen LogP) is 3.22. The van der Waals surface area contributed by atoms with E-state index in [1.54, 1.807) is 6.92 Å². The molecule has 0 aliphatic heterocycles. The molecule has 0 saturated carbocycles. The Kier molecular flexibility index (Phi) is 3.21. The average Bonchev–Trinajstić information content (AvgIpc) is 2.89. The van der Waals surface area contributed by atoms with Crippen molar-refractivity contribution < 1.29 is 4.52 Å². The van der Waals surface area contributed by atoms with Gasteiger partial charge < -0.3 is 10.3 Å². The van der Waals surface area contributed by atoms with Crippen LogP contribution in [0.2, 0.25) is 0 Å². The molecule has 0 radical (unpaired) electrons. The Hall–Kier alpha value is -2.62. The molecule has 3 rings (SSSR count). The zero-order chi connectivity index (χ0) is 13.9. The van der Waals surface area contributed by atoms with E-state index in [0.29, 0.717) is 11.7 Å². The molecule has 0 aliphatic carbocycles. The molecule has 0 spiro atoms. The summed E-state index contributed by atoms with van der Waals surface area (Å²) in [5.74, 6) is 1.18. The van der Waals surface area contributed by atoms with Crippen LogP contribution in [0.25, 0.3) is 11.4 Å². The summed E-state index contributed by atoms with van der Waals surface area (Å²) in [6.07, 6.45) is 0.789. The molecule has 20 heavy (non-hydrogen) atoms. The molecule has 0 saturated heterocycles. The monoisotopic (exact) mass is 265 g/mol. The van der Waals surface area contributed by atoms with Gasteiger partial charge >= 0.3 is 0 Å². The van der Waals surface area contributed by atoms with Gasteiger partial charge in [-0.15, -0.1) is 0 Å². The van der Waals surface area contributed by atoms with E-state index in [2.05, 4.69) is 22.3 Å². The highest BCUT2D eigenvalue weighted by molar-refractivity contribution is 5.56. The minimum atomic E-state index is 0.567. The van der Waals surface area contributed by atoms with Crippen molar-refractivity contribution in [1.29, 1.82) is 0 Å². The second-order valence-electron chi connectivity index (χ2n) is 4.71. The van der Waals surface area contributed by atoms with Crippen LogP contribution in [0.1, 0.15) is 17.0 Å². The van der Waals surface area contributed by atoms with Crippen molar-refractivity contribution in [2.75, 3.05) is 5.73 Å². The van der Waals surface area contributed by atoms with Crippen molar-refractivity contribution in [1.82, 2.24) is 10.1 Å². The maximum absolute atomic E-state index is 5.98. The Labute approximate surface area is 117 Å². The van der Waals surface area contributed by atoms with Crippen molar-refractivity contribution in [2.45, 2.75) is 13.3 Å². The van der Waals surface area contributed by atoms with Gasteiger partial charge in [0, 0.05) is 18.2 Å². The first-order chi connectivity index (χ1) is 9.72. The third kappa shape index (κ3) is 2.54. The second kappa shape index (κ2) is 5.17. The molecule has 0 fully saturated rings. The van der Waals surface area contributed by atoms with Gasteiger partial charge in [-0.05, 0) is 29.7 Å². The molecule has 1 aromatic heterocycles. The summed E-state index contributed by atoms with van der Waals surface area (Å²) in [4.78, 5) is 4.24. The van der Waals surface area contributed by atoms with Crippen LogP contribution in [0.3, 0.4) is 0 Å². The van der Waals surface area contributed by atoms with Gasteiger partial charge in [-0.1, -0.05) is 41.6 Å². The van der Waals surface area contributed by atoms with Crippen LogP contribution in [0.5, 0.6) is 0 Å². The molecule has 0 aliphatic rings. The number of para-hydroxylation sites is 1. The quantitative estimate of drug-likeness (QED) is 0.738. The SMILES string of the molecule is Cc1nc(-c2cccc(Cc3ccccc3N)c2)no1. The molecule has 3 aromatic rings. The number of anilines is 1. The predicted molar refractivity (Wildman–Crippen MR) is 78.1 cm³/mol. The van der Waals surface area contributed by atoms with E-state index >= 15 is 0 Å². The number of nitrogens with two attached hydrogens (primary N) is 1. The lowest BCUT2D eigenvalue weighted by atomic mass is 10.0. The number of benzene rings is 2. The number of rotatable bonds is 3. The lowest BCUT2D eigenvalue weighted by Gasteiger charge is -2.06. The fourth-order valence-corrected chi connectivity index (χ4v) is 2.15. The van der Waals surface area contributed by atoms with Crippen molar-refractivity contribution >= 4 is 5.69 Å². The summed E-state index contributed by atoms with van der Waals surface area (Å²) in [6, 6.07) is 16.0. The highest BCUT2D eigenvalue weighted by atomic mass is 16.5.